The van der Waals surface area contributed by atoms with Crippen LogP contribution in [0.2, 0.25) is 0 Å². The lowest BCUT2D eigenvalue weighted by Crippen LogP contribution is -2.47. The first-order valence-corrected chi connectivity index (χ1v) is 11.1. The van der Waals surface area contributed by atoms with Gasteiger partial charge in [-0.2, -0.15) is 0 Å². The third-order valence-electron chi connectivity index (χ3n) is 5.77. The van der Waals surface area contributed by atoms with Gasteiger partial charge in [-0.1, -0.05) is 35.9 Å². The van der Waals surface area contributed by atoms with Crippen LogP contribution in [0.25, 0.3) is 11.0 Å². The number of hydrogen-bond acceptors (Lipinski definition) is 4. The van der Waals surface area contributed by atoms with E-state index in [9.17, 15) is 9.59 Å². The first-order valence-electron chi connectivity index (χ1n) is 10.3. The zero-order valence-corrected chi connectivity index (χ0v) is 17.9. The molecule has 31 heavy (non-hydrogen) atoms. The van der Waals surface area contributed by atoms with E-state index in [2.05, 4.69) is 10.4 Å². The highest BCUT2D eigenvalue weighted by Crippen LogP contribution is 2.41. The molecule has 1 fully saturated rings. The standard InChI is InChI=1S/C24H22N4O2S/c1-16-8-10-17(11-9-16)28-22(29)13-12-18(23(28)21-7-4-14-31-21)24(30)26-27-15-25-19-5-2-3-6-20(19)27/h2-11,14-15,18,23H,12-13H2,1H3,(H,26,30). The van der Waals surface area contributed by atoms with Crippen molar-refractivity contribution in [2.24, 2.45) is 5.92 Å². The second kappa shape index (κ2) is 8.00. The molecule has 1 aliphatic rings. The summed E-state index contributed by atoms with van der Waals surface area (Å²) >= 11 is 1.57. The molecule has 0 spiro atoms. The molecule has 2 amide bonds. The molecular weight excluding hydrogens is 408 g/mol. The molecule has 2 unspecified atom stereocenters. The number of fused-ring (bicyclic) bond motifs is 1. The number of hydrogen-bond donors (Lipinski definition) is 1. The smallest absolute Gasteiger partial charge is 0.244 e. The van der Waals surface area contributed by atoms with Crippen molar-refractivity contribution in [3.05, 3.63) is 82.8 Å². The maximum atomic E-state index is 13.5. The van der Waals surface area contributed by atoms with Gasteiger partial charge in [-0.15, -0.1) is 11.3 Å². The van der Waals surface area contributed by atoms with Gasteiger partial charge in [0.05, 0.1) is 23.0 Å². The maximum absolute atomic E-state index is 13.5. The third kappa shape index (κ3) is 3.61. The van der Waals surface area contributed by atoms with Crippen LogP contribution in [-0.2, 0) is 9.59 Å². The van der Waals surface area contributed by atoms with Gasteiger partial charge in [0.15, 0.2) is 0 Å². The molecule has 1 aliphatic heterocycles. The van der Waals surface area contributed by atoms with E-state index in [0.717, 1.165) is 27.2 Å². The number of rotatable bonds is 4. The minimum atomic E-state index is -0.376. The molecule has 3 heterocycles. The fourth-order valence-electron chi connectivity index (χ4n) is 4.21. The summed E-state index contributed by atoms with van der Waals surface area (Å²) in [4.78, 5) is 33.6. The molecule has 0 aliphatic carbocycles. The summed E-state index contributed by atoms with van der Waals surface area (Å²) in [6.07, 6.45) is 2.45. The van der Waals surface area contributed by atoms with E-state index >= 15 is 0 Å². The first-order chi connectivity index (χ1) is 15.1. The fraction of sp³-hybridized carbons (Fsp3) is 0.208. The largest absolute Gasteiger partial charge is 0.303 e. The van der Waals surface area contributed by atoms with Crippen LogP contribution in [0, 0.1) is 12.8 Å². The molecule has 1 N–H and O–H groups in total. The van der Waals surface area contributed by atoms with Crippen LogP contribution >= 0.6 is 11.3 Å². The molecule has 1 saturated heterocycles. The summed E-state index contributed by atoms with van der Waals surface area (Å²) in [7, 11) is 0. The number of anilines is 1. The van der Waals surface area contributed by atoms with Gasteiger partial charge in [-0.25, -0.2) is 9.66 Å². The topological polar surface area (TPSA) is 67.2 Å². The predicted molar refractivity (Wildman–Crippen MR) is 123 cm³/mol. The highest BCUT2D eigenvalue weighted by atomic mass is 32.1. The summed E-state index contributed by atoms with van der Waals surface area (Å²) in [5, 5.41) is 1.99. The summed E-state index contributed by atoms with van der Waals surface area (Å²) < 4.78 is 1.66. The normalized spacial score (nSPS) is 19.0. The molecule has 2 aromatic heterocycles. The van der Waals surface area contributed by atoms with Crippen molar-refractivity contribution in [3.63, 3.8) is 0 Å². The van der Waals surface area contributed by atoms with Crippen LogP contribution in [0.5, 0.6) is 0 Å². The average molecular weight is 431 g/mol. The van der Waals surface area contributed by atoms with E-state index in [4.69, 9.17) is 0 Å². The van der Waals surface area contributed by atoms with Gasteiger partial charge >= 0.3 is 0 Å². The summed E-state index contributed by atoms with van der Waals surface area (Å²) in [5.74, 6) is -0.454. The van der Waals surface area contributed by atoms with Gasteiger partial charge in [-0.3, -0.25) is 15.0 Å². The van der Waals surface area contributed by atoms with Crippen LogP contribution in [0.3, 0.4) is 0 Å². The monoisotopic (exact) mass is 430 g/mol. The number of para-hydroxylation sites is 2. The van der Waals surface area contributed by atoms with E-state index in [1.54, 1.807) is 27.2 Å². The molecule has 6 nitrogen and oxygen atoms in total. The Kier molecular flexibility index (Phi) is 5.03. The van der Waals surface area contributed by atoms with Crippen molar-refractivity contribution in [1.29, 1.82) is 0 Å². The van der Waals surface area contributed by atoms with Crippen molar-refractivity contribution in [1.82, 2.24) is 9.66 Å². The van der Waals surface area contributed by atoms with Gasteiger partial charge in [0, 0.05) is 17.0 Å². The summed E-state index contributed by atoms with van der Waals surface area (Å²) in [5.41, 5.74) is 6.61. The zero-order valence-electron chi connectivity index (χ0n) is 17.1. The maximum Gasteiger partial charge on any atom is 0.244 e. The first kappa shape index (κ1) is 19.5. The Labute approximate surface area is 184 Å². The zero-order chi connectivity index (χ0) is 21.4. The number of amides is 2. The van der Waals surface area contributed by atoms with Gasteiger partial charge in [0.25, 0.3) is 0 Å². The van der Waals surface area contributed by atoms with Crippen molar-refractivity contribution < 1.29 is 9.59 Å². The second-order valence-corrected chi connectivity index (χ2v) is 8.76. The molecule has 0 radical (unpaired) electrons. The highest BCUT2D eigenvalue weighted by molar-refractivity contribution is 7.10. The highest BCUT2D eigenvalue weighted by Gasteiger charge is 2.42. The van der Waals surface area contributed by atoms with Crippen LogP contribution < -0.4 is 10.3 Å². The Morgan fingerprint density at radius 1 is 1.10 bits per heavy atom. The molecule has 2 atom stereocenters. The quantitative estimate of drug-likeness (QED) is 0.512. The number of carbonyl (C=O) groups excluding carboxylic acids is 2. The molecule has 0 bridgehead atoms. The Balaban J connectivity index is 1.51. The van der Waals surface area contributed by atoms with Crippen molar-refractivity contribution in [2.45, 2.75) is 25.8 Å². The molecule has 2 aromatic carbocycles. The predicted octanol–water partition coefficient (Wildman–Crippen LogP) is 4.66. The molecule has 7 heteroatoms. The minimum absolute atomic E-state index is 0.0411. The molecular formula is C24H22N4O2S. The minimum Gasteiger partial charge on any atom is -0.303 e. The molecule has 0 saturated carbocycles. The lowest BCUT2D eigenvalue weighted by atomic mass is 9.86. The Hall–Kier alpha value is -3.45. The number of aromatic nitrogens is 2. The van der Waals surface area contributed by atoms with E-state index in [-0.39, 0.29) is 23.8 Å². The Bertz CT molecular complexity index is 1230. The number of piperidine rings is 1. The van der Waals surface area contributed by atoms with Crippen molar-refractivity contribution in [3.8, 4) is 0 Å². The second-order valence-electron chi connectivity index (χ2n) is 7.78. The third-order valence-corrected chi connectivity index (χ3v) is 6.71. The average Bonchev–Trinajstić information content (AvgIpc) is 3.45. The van der Waals surface area contributed by atoms with E-state index in [1.807, 2.05) is 73.0 Å². The van der Waals surface area contributed by atoms with Crippen LogP contribution in [-0.4, -0.2) is 21.5 Å². The van der Waals surface area contributed by atoms with Crippen LogP contribution in [0.1, 0.15) is 29.3 Å². The van der Waals surface area contributed by atoms with Crippen LogP contribution in [0.4, 0.5) is 5.69 Å². The number of carbonyl (C=O) groups is 2. The van der Waals surface area contributed by atoms with Gasteiger partial charge in [-0.05, 0) is 49.1 Å². The number of nitrogens with one attached hydrogen (secondary N) is 1. The molecule has 156 valence electrons. The van der Waals surface area contributed by atoms with E-state index in [1.165, 1.54) is 0 Å². The summed E-state index contributed by atoms with van der Waals surface area (Å²) in [6.45, 7) is 2.02. The van der Waals surface area contributed by atoms with Gasteiger partial charge < -0.3 is 4.90 Å². The SMILES string of the molecule is Cc1ccc(N2C(=O)CCC(C(=O)Nn3cnc4ccccc43)C2c2cccs2)cc1. The van der Waals surface area contributed by atoms with Crippen LogP contribution in [0.15, 0.2) is 72.4 Å². The van der Waals surface area contributed by atoms with Crippen molar-refractivity contribution in [2.75, 3.05) is 10.3 Å². The Morgan fingerprint density at radius 2 is 1.90 bits per heavy atom. The number of thiophene rings is 1. The molecule has 4 aromatic rings. The lowest BCUT2D eigenvalue weighted by molar-refractivity contribution is -0.126. The number of imidazole rings is 1. The van der Waals surface area contributed by atoms with E-state index < -0.39 is 0 Å². The number of nitrogens with zero attached hydrogens (tertiary/aromatic N) is 3. The Morgan fingerprint density at radius 3 is 2.68 bits per heavy atom. The molecule has 5 rings (SSSR count). The fourth-order valence-corrected chi connectivity index (χ4v) is 5.09. The summed E-state index contributed by atoms with van der Waals surface area (Å²) in [6, 6.07) is 19.2. The number of aryl methyl sites for hydroxylation is 1. The number of benzene rings is 2. The van der Waals surface area contributed by atoms with Gasteiger partial charge in [0.2, 0.25) is 11.8 Å². The van der Waals surface area contributed by atoms with Crippen molar-refractivity contribution >= 4 is 39.9 Å². The van der Waals surface area contributed by atoms with E-state index in [0.29, 0.717) is 12.8 Å². The van der Waals surface area contributed by atoms with Gasteiger partial charge in [0.1, 0.15) is 6.33 Å². The lowest BCUT2D eigenvalue weighted by Gasteiger charge is -2.40.